The number of piperidine rings is 1. The zero-order valence-electron chi connectivity index (χ0n) is 16.2. The number of likely N-dealkylation sites (tertiary alicyclic amines) is 1. The van der Waals surface area contributed by atoms with Gasteiger partial charge in [0.2, 0.25) is 0 Å². The van der Waals surface area contributed by atoms with E-state index in [1.54, 1.807) is 0 Å². The van der Waals surface area contributed by atoms with Crippen molar-refractivity contribution in [3.05, 3.63) is 35.9 Å². The van der Waals surface area contributed by atoms with E-state index in [-0.39, 0.29) is 5.91 Å². The third-order valence-corrected chi connectivity index (χ3v) is 7.88. The monoisotopic (exact) mass is 365 g/mol. The van der Waals surface area contributed by atoms with Gasteiger partial charge >= 0.3 is 0 Å². The molecule has 2 aliphatic carbocycles. The number of rotatable bonds is 2. The minimum absolute atomic E-state index is 0.108. The highest BCUT2D eigenvalue weighted by atomic mass is 16.2. The summed E-state index contributed by atoms with van der Waals surface area (Å²) in [6.07, 6.45) is 11.8. The molecule has 0 aromatic heterocycles. The van der Waals surface area contributed by atoms with Gasteiger partial charge in [0.1, 0.15) is 0 Å². The maximum atomic E-state index is 12.8. The molecule has 2 saturated carbocycles. The van der Waals surface area contributed by atoms with Crippen LogP contribution in [0.15, 0.2) is 35.4 Å². The molecule has 4 aliphatic rings. The third-order valence-electron chi connectivity index (χ3n) is 7.88. The van der Waals surface area contributed by atoms with E-state index >= 15 is 0 Å². The van der Waals surface area contributed by atoms with Crippen molar-refractivity contribution in [2.45, 2.75) is 63.8 Å². The summed E-state index contributed by atoms with van der Waals surface area (Å²) < 4.78 is 0. The largest absolute Gasteiger partial charge is 0.300 e. The van der Waals surface area contributed by atoms with Crippen molar-refractivity contribution in [1.29, 1.82) is 0 Å². The molecule has 3 unspecified atom stereocenters. The van der Waals surface area contributed by atoms with Gasteiger partial charge in [-0.3, -0.25) is 4.79 Å². The van der Waals surface area contributed by atoms with Gasteiger partial charge in [0, 0.05) is 6.04 Å². The van der Waals surface area contributed by atoms with Gasteiger partial charge in [0.25, 0.3) is 5.91 Å². The fourth-order valence-corrected chi connectivity index (χ4v) is 6.28. The first-order valence-electron chi connectivity index (χ1n) is 10.9. The smallest absolute Gasteiger partial charge is 0.252 e. The lowest BCUT2D eigenvalue weighted by Crippen LogP contribution is -2.52. The zero-order chi connectivity index (χ0) is 18.3. The number of benzene rings is 1. The molecule has 3 fully saturated rings. The zero-order valence-corrected chi connectivity index (χ0v) is 16.2. The third kappa shape index (κ3) is 3.02. The van der Waals surface area contributed by atoms with Crippen molar-refractivity contribution in [3.63, 3.8) is 0 Å². The number of hydrazone groups is 1. The second kappa shape index (κ2) is 7.05. The van der Waals surface area contributed by atoms with E-state index in [0.29, 0.717) is 0 Å². The number of carbonyl (C=O) groups is 1. The predicted octanol–water partition coefficient (Wildman–Crippen LogP) is 3.96. The van der Waals surface area contributed by atoms with Crippen LogP contribution in [0.5, 0.6) is 0 Å². The van der Waals surface area contributed by atoms with Crippen LogP contribution in [0.1, 0.15) is 63.4 Å². The lowest BCUT2D eigenvalue weighted by atomic mass is 9.68. The van der Waals surface area contributed by atoms with E-state index in [0.717, 1.165) is 55.1 Å². The highest BCUT2D eigenvalue weighted by molar-refractivity contribution is 6.19. The van der Waals surface area contributed by atoms with Crippen LogP contribution in [-0.4, -0.2) is 35.7 Å². The molecule has 5 rings (SSSR count). The fourth-order valence-electron chi connectivity index (χ4n) is 6.28. The summed E-state index contributed by atoms with van der Waals surface area (Å²) >= 11 is 0. The molecule has 1 saturated heterocycles. The Balaban J connectivity index is 1.28. The molecule has 3 atom stereocenters. The highest BCUT2D eigenvalue weighted by Crippen LogP contribution is 2.44. The minimum atomic E-state index is -0.417. The first kappa shape index (κ1) is 17.4. The second-order valence-corrected chi connectivity index (χ2v) is 9.16. The molecule has 4 heteroatoms. The van der Waals surface area contributed by atoms with E-state index in [9.17, 15) is 4.79 Å². The van der Waals surface area contributed by atoms with Crippen LogP contribution in [-0.2, 0) is 4.79 Å². The molecule has 1 N–H and O–H groups in total. The topological polar surface area (TPSA) is 44.7 Å². The number of nitrogens with zero attached hydrogens (tertiary/aromatic N) is 2. The average Bonchev–Trinajstić information content (AvgIpc) is 3.04. The number of hydrogen-bond donors (Lipinski definition) is 1. The van der Waals surface area contributed by atoms with Crippen LogP contribution in [0.3, 0.4) is 0 Å². The maximum absolute atomic E-state index is 12.8. The van der Waals surface area contributed by atoms with Gasteiger partial charge in [-0.1, -0.05) is 56.0 Å². The Bertz CT molecular complexity index is 720. The van der Waals surface area contributed by atoms with E-state index in [4.69, 9.17) is 0 Å². The number of fused-ring (bicyclic) bond motifs is 1. The van der Waals surface area contributed by atoms with Crippen LogP contribution in [0, 0.1) is 17.3 Å². The molecule has 2 aliphatic heterocycles. The van der Waals surface area contributed by atoms with Crippen LogP contribution >= 0.6 is 0 Å². The van der Waals surface area contributed by atoms with Gasteiger partial charge in [-0.15, -0.1) is 0 Å². The summed E-state index contributed by atoms with van der Waals surface area (Å²) in [7, 11) is 0. The normalized spacial score (nSPS) is 33.4. The molecular formula is C23H31N3O. The van der Waals surface area contributed by atoms with Gasteiger partial charge in [0.05, 0.1) is 11.1 Å². The summed E-state index contributed by atoms with van der Waals surface area (Å²) in [6.45, 7) is 2.06. The summed E-state index contributed by atoms with van der Waals surface area (Å²) in [6, 6.07) is 11.0. The lowest BCUT2D eigenvalue weighted by Gasteiger charge is -2.47. The standard InChI is InChI=1S/C23H31N3O/c27-22-23(21(24-25-22)18-7-2-1-3-8-18)12-14-26(15-13-23)20-11-10-17-6-4-5-9-19(17)16-20/h1-3,7-8,17,19-20H,4-6,9-16H2,(H,25,27). The molecule has 27 heavy (non-hydrogen) atoms. The molecule has 2 heterocycles. The molecule has 1 aromatic rings. The van der Waals surface area contributed by atoms with Crippen molar-refractivity contribution < 1.29 is 4.79 Å². The van der Waals surface area contributed by atoms with Crippen molar-refractivity contribution in [2.24, 2.45) is 22.4 Å². The van der Waals surface area contributed by atoms with E-state index < -0.39 is 5.41 Å². The van der Waals surface area contributed by atoms with Crippen molar-refractivity contribution in [3.8, 4) is 0 Å². The Morgan fingerprint density at radius 3 is 2.48 bits per heavy atom. The maximum Gasteiger partial charge on any atom is 0.252 e. The quantitative estimate of drug-likeness (QED) is 0.862. The second-order valence-electron chi connectivity index (χ2n) is 9.16. The van der Waals surface area contributed by atoms with Gasteiger partial charge in [0.15, 0.2) is 0 Å². The molecule has 4 nitrogen and oxygen atoms in total. The Labute approximate surface area is 162 Å². The molecular weight excluding hydrogens is 334 g/mol. The summed E-state index contributed by atoms with van der Waals surface area (Å²) in [5.41, 5.74) is 4.43. The van der Waals surface area contributed by atoms with E-state index in [1.807, 2.05) is 18.2 Å². The van der Waals surface area contributed by atoms with Gasteiger partial charge < -0.3 is 4.90 Å². The Morgan fingerprint density at radius 1 is 0.963 bits per heavy atom. The first-order chi connectivity index (χ1) is 13.3. The van der Waals surface area contributed by atoms with E-state index in [2.05, 4.69) is 27.6 Å². The first-order valence-corrected chi connectivity index (χ1v) is 10.9. The van der Waals surface area contributed by atoms with Gasteiger partial charge in [-0.2, -0.15) is 5.10 Å². The Hall–Kier alpha value is -1.68. The van der Waals surface area contributed by atoms with Crippen molar-refractivity contribution in [2.75, 3.05) is 13.1 Å². The number of nitrogens with one attached hydrogen (secondary N) is 1. The SMILES string of the molecule is O=C1NN=C(c2ccccc2)C12CCN(C1CCC3CCCCC3C1)CC2. The molecule has 144 valence electrons. The van der Waals surface area contributed by atoms with Gasteiger partial charge in [-0.25, -0.2) is 5.43 Å². The molecule has 1 aromatic carbocycles. The fraction of sp³-hybridized carbons (Fsp3) is 0.652. The molecule has 0 bridgehead atoms. The van der Waals surface area contributed by atoms with Crippen LogP contribution in [0.25, 0.3) is 0 Å². The molecule has 1 spiro atoms. The number of amides is 1. The number of hydrogen-bond acceptors (Lipinski definition) is 3. The van der Waals surface area contributed by atoms with Crippen LogP contribution in [0.4, 0.5) is 0 Å². The average molecular weight is 366 g/mol. The Kier molecular flexibility index (Phi) is 4.55. The van der Waals surface area contributed by atoms with Crippen molar-refractivity contribution >= 4 is 11.6 Å². The summed E-state index contributed by atoms with van der Waals surface area (Å²) in [5.74, 6) is 2.07. The molecule has 0 radical (unpaired) electrons. The molecule has 1 amide bonds. The summed E-state index contributed by atoms with van der Waals surface area (Å²) in [5, 5.41) is 4.45. The lowest BCUT2D eigenvalue weighted by molar-refractivity contribution is -0.128. The predicted molar refractivity (Wildman–Crippen MR) is 107 cm³/mol. The van der Waals surface area contributed by atoms with Gasteiger partial charge in [-0.05, 0) is 62.6 Å². The highest BCUT2D eigenvalue weighted by Gasteiger charge is 2.50. The van der Waals surface area contributed by atoms with Crippen LogP contribution in [0.2, 0.25) is 0 Å². The summed E-state index contributed by atoms with van der Waals surface area (Å²) in [4.78, 5) is 15.5. The number of carbonyl (C=O) groups excluding carboxylic acids is 1. The van der Waals surface area contributed by atoms with Crippen LogP contribution < -0.4 is 5.43 Å². The minimum Gasteiger partial charge on any atom is -0.300 e. The van der Waals surface area contributed by atoms with E-state index in [1.165, 1.54) is 44.9 Å². The van der Waals surface area contributed by atoms with Crippen molar-refractivity contribution in [1.82, 2.24) is 10.3 Å². The Morgan fingerprint density at radius 2 is 1.70 bits per heavy atom.